The number of methoxy groups -OCH3 is 1. The molecule has 0 bridgehead atoms. The minimum atomic E-state index is -0.369. The van der Waals surface area contributed by atoms with Crippen LogP contribution < -0.4 is 5.73 Å². The first-order chi connectivity index (χ1) is 9.06. The molecule has 1 heterocycles. The van der Waals surface area contributed by atoms with E-state index in [1.54, 1.807) is 0 Å². The number of ether oxygens (including phenoxy) is 1. The lowest BCUT2D eigenvalue weighted by Crippen LogP contribution is -2.03. The first kappa shape index (κ1) is 13.6. The number of hydrogen-bond donors (Lipinski definition) is 1. The van der Waals surface area contributed by atoms with Crippen molar-refractivity contribution in [3.05, 3.63) is 40.8 Å². The van der Waals surface area contributed by atoms with Crippen molar-refractivity contribution in [1.82, 2.24) is 0 Å². The maximum Gasteiger partial charge on any atom is 0.350 e. The van der Waals surface area contributed by atoms with E-state index in [0.29, 0.717) is 10.6 Å². The molecule has 1 aromatic carbocycles. The molecule has 0 spiro atoms. The normalized spacial score (nSPS) is 10.7. The average Bonchev–Trinajstić information content (AvgIpc) is 2.76. The lowest BCUT2D eigenvalue weighted by molar-refractivity contribution is 0.0607. The summed E-state index contributed by atoms with van der Waals surface area (Å²) in [6.07, 6.45) is 0. The van der Waals surface area contributed by atoms with E-state index in [0.717, 1.165) is 16.0 Å². The Bertz CT molecular complexity index is 588. The molecule has 4 heteroatoms. The van der Waals surface area contributed by atoms with E-state index in [4.69, 9.17) is 10.5 Å². The van der Waals surface area contributed by atoms with Gasteiger partial charge in [-0.25, -0.2) is 4.79 Å². The Morgan fingerprint density at radius 2 is 1.89 bits per heavy atom. The number of hydrogen-bond acceptors (Lipinski definition) is 4. The van der Waals surface area contributed by atoms with Gasteiger partial charge in [0, 0.05) is 4.88 Å². The summed E-state index contributed by atoms with van der Waals surface area (Å²) in [5, 5.41) is 0. The van der Waals surface area contributed by atoms with Crippen LogP contribution in [0, 0.1) is 0 Å². The number of nitrogens with two attached hydrogens (primary N) is 1. The number of anilines is 1. The highest BCUT2D eigenvalue weighted by Gasteiger charge is 2.23. The van der Waals surface area contributed by atoms with Crippen LogP contribution in [-0.2, 0) is 4.74 Å². The van der Waals surface area contributed by atoms with Crippen LogP contribution in [0.3, 0.4) is 0 Å². The van der Waals surface area contributed by atoms with Gasteiger partial charge in [-0.1, -0.05) is 44.2 Å². The van der Waals surface area contributed by atoms with Gasteiger partial charge < -0.3 is 10.5 Å². The number of carbonyl (C=O) groups excluding carboxylic acids is 1. The zero-order valence-electron chi connectivity index (χ0n) is 11.3. The Morgan fingerprint density at radius 1 is 1.26 bits per heavy atom. The minimum Gasteiger partial charge on any atom is -0.465 e. The topological polar surface area (TPSA) is 52.3 Å². The summed E-state index contributed by atoms with van der Waals surface area (Å²) in [5.41, 5.74) is 8.78. The fraction of sp³-hybridized carbons (Fsp3) is 0.267. The first-order valence-corrected chi connectivity index (χ1v) is 6.93. The monoisotopic (exact) mass is 275 g/mol. The van der Waals surface area contributed by atoms with E-state index in [-0.39, 0.29) is 11.9 Å². The van der Waals surface area contributed by atoms with E-state index >= 15 is 0 Å². The zero-order chi connectivity index (χ0) is 14.0. The molecule has 0 aliphatic heterocycles. The quantitative estimate of drug-likeness (QED) is 0.864. The number of esters is 1. The minimum absolute atomic E-state index is 0.255. The highest BCUT2D eigenvalue weighted by atomic mass is 32.1. The van der Waals surface area contributed by atoms with Crippen LogP contribution in [0.1, 0.15) is 35.0 Å². The second kappa shape index (κ2) is 5.45. The summed E-state index contributed by atoms with van der Waals surface area (Å²) < 4.78 is 4.79. The smallest absolute Gasteiger partial charge is 0.350 e. The Kier molecular flexibility index (Phi) is 3.90. The molecule has 0 fully saturated rings. The van der Waals surface area contributed by atoms with Crippen LogP contribution in [0.2, 0.25) is 0 Å². The predicted molar refractivity (Wildman–Crippen MR) is 79.6 cm³/mol. The van der Waals surface area contributed by atoms with E-state index in [1.807, 2.05) is 30.3 Å². The molecule has 1 aromatic heterocycles. The number of benzene rings is 1. The van der Waals surface area contributed by atoms with E-state index in [1.165, 1.54) is 18.4 Å². The molecule has 0 saturated heterocycles. The van der Waals surface area contributed by atoms with Gasteiger partial charge in [-0.2, -0.15) is 0 Å². The van der Waals surface area contributed by atoms with Gasteiger partial charge in [0.15, 0.2) is 0 Å². The maximum atomic E-state index is 11.8. The molecule has 0 amide bonds. The van der Waals surface area contributed by atoms with Crippen LogP contribution in [0.4, 0.5) is 5.69 Å². The summed E-state index contributed by atoms with van der Waals surface area (Å²) in [7, 11) is 1.37. The molecular weight excluding hydrogens is 258 g/mol. The number of nitrogen functional groups attached to an aromatic ring is 1. The molecule has 0 aliphatic carbocycles. The largest absolute Gasteiger partial charge is 0.465 e. The molecule has 0 radical (unpaired) electrons. The lowest BCUT2D eigenvalue weighted by atomic mass is 9.98. The molecular formula is C15H17NO2S. The summed E-state index contributed by atoms with van der Waals surface area (Å²) in [5.74, 6) is -0.114. The molecule has 19 heavy (non-hydrogen) atoms. The molecule has 2 aromatic rings. The van der Waals surface area contributed by atoms with Gasteiger partial charge >= 0.3 is 5.97 Å². The van der Waals surface area contributed by atoms with Crippen molar-refractivity contribution in [2.24, 2.45) is 0 Å². The van der Waals surface area contributed by atoms with Crippen LogP contribution in [0.15, 0.2) is 30.3 Å². The lowest BCUT2D eigenvalue weighted by Gasteiger charge is -2.08. The van der Waals surface area contributed by atoms with Crippen molar-refractivity contribution in [1.29, 1.82) is 0 Å². The molecule has 0 unspecified atom stereocenters. The van der Waals surface area contributed by atoms with Crippen molar-refractivity contribution in [2.45, 2.75) is 19.8 Å². The average molecular weight is 275 g/mol. The molecule has 2 rings (SSSR count). The van der Waals surface area contributed by atoms with E-state index in [2.05, 4.69) is 13.8 Å². The van der Waals surface area contributed by atoms with Gasteiger partial charge in [-0.05, 0) is 17.0 Å². The summed E-state index contributed by atoms with van der Waals surface area (Å²) in [6.45, 7) is 4.15. The van der Waals surface area contributed by atoms with Crippen molar-refractivity contribution < 1.29 is 9.53 Å². The van der Waals surface area contributed by atoms with Crippen molar-refractivity contribution in [3.8, 4) is 10.4 Å². The standard InChI is InChI=1S/C15H17NO2S/c1-9(2)11-12(16)14(15(17)18-3)19-13(11)10-7-5-4-6-8-10/h4-9H,16H2,1-3H3. The molecule has 0 saturated carbocycles. The summed E-state index contributed by atoms with van der Waals surface area (Å²) in [6, 6.07) is 9.98. The summed E-state index contributed by atoms with van der Waals surface area (Å²) in [4.78, 5) is 13.3. The Balaban J connectivity index is 2.64. The number of carbonyl (C=O) groups is 1. The molecule has 100 valence electrons. The van der Waals surface area contributed by atoms with Gasteiger partial charge in [0.25, 0.3) is 0 Å². The molecule has 0 atom stereocenters. The third kappa shape index (κ3) is 2.49. The van der Waals surface area contributed by atoms with Gasteiger partial charge in [0.05, 0.1) is 12.8 Å². The van der Waals surface area contributed by atoms with Gasteiger partial charge in [0.1, 0.15) is 4.88 Å². The second-order valence-electron chi connectivity index (χ2n) is 4.60. The number of thiophene rings is 1. The third-order valence-electron chi connectivity index (χ3n) is 2.97. The molecule has 2 N–H and O–H groups in total. The number of rotatable bonds is 3. The van der Waals surface area contributed by atoms with Crippen LogP contribution in [-0.4, -0.2) is 13.1 Å². The first-order valence-electron chi connectivity index (χ1n) is 6.12. The van der Waals surface area contributed by atoms with Crippen molar-refractivity contribution in [3.63, 3.8) is 0 Å². The molecule has 3 nitrogen and oxygen atoms in total. The van der Waals surface area contributed by atoms with E-state index < -0.39 is 0 Å². The molecule has 0 aliphatic rings. The SMILES string of the molecule is COC(=O)c1sc(-c2ccccc2)c(C(C)C)c1N. The van der Waals surface area contributed by atoms with Crippen LogP contribution in [0.5, 0.6) is 0 Å². The Labute approximate surface area is 117 Å². The zero-order valence-corrected chi connectivity index (χ0v) is 12.1. The Morgan fingerprint density at radius 3 is 2.42 bits per heavy atom. The van der Waals surface area contributed by atoms with Gasteiger partial charge in [-0.3, -0.25) is 0 Å². The van der Waals surface area contributed by atoms with Crippen LogP contribution in [0.25, 0.3) is 10.4 Å². The summed E-state index contributed by atoms with van der Waals surface area (Å²) >= 11 is 1.40. The van der Waals surface area contributed by atoms with Gasteiger partial charge in [0.2, 0.25) is 0 Å². The third-order valence-corrected chi connectivity index (χ3v) is 4.22. The highest BCUT2D eigenvalue weighted by Crippen LogP contribution is 2.42. The van der Waals surface area contributed by atoms with Crippen LogP contribution >= 0.6 is 11.3 Å². The Hall–Kier alpha value is -1.81. The maximum absolute atomic E-state index is 11.8. The predicted octanol–water partition coefficient (Wildman–Crippen LogP) is 3.91. The second-order valence-corrected chi connectivity index (χ2v) is 5.62. The fourth-order valence-electron chi connectivity index (χ4n) is 2.08. The van der Waals surface area contributed by atoms with Crippen molar-refractivity contribution in [2.75, 3.05) is 12.8 Å². The van der Waals surface area contributed by atoms with Gasteiger partial charge in [-0.15, -0.1) is 11.3 Å². The fourth-order valence-corrected chi connectivity index (χ4v) is 3.38. The van der Waals surface area contributed by atoms with E-state index in [9.17, 15) is 4.79 Å². The van der Waals surface area contributed by atoms with Crippen molar-refractivity contribution >= 4 is 23.0 Å². The highest BCUT2D eigenvalue weighted by molar-refractivity contribution is 7.18.